The minimum atomic E-state index is 0.0261. The summed E-state index contributed by atoms with van der Waals surface area (Å²) in [5, 5.41) is 3.34. The van der Waals surface area contributed by atoms with Gasteiger partial charge in [0.25, 0.3) is 0 Å². The van der Waals surface area contributed by atoms with Crippen molar-refractivity contribution in [3.8, 4) is 0 Å². The SMILES string of the molecule is O=c1[nH]c2ccccc2n1C1CCN(CC2CCC3(CNC3)O2)CC1. The second kappa shape index (κ2) is 5.97. The summed E-state index contributed by atoms with van der Waals surface area (Å²) in [5.41, 5.74) is 2.15. The molecule has 3 fully saturated rings. The molecule has 0 bridgehead atoms. The summed E-state index contributed by atoms with van der Waals surface area (Å²) < 4.78 is 8.27. The number of hydrogen-bond acceptors (Lipinski definition) is 4. The Kier molecular flexibility index (Phi) is 3.73. The number of hydrogen-bond donors (Lipinski definition) is 2. The third-order valence-electron chi connectivity index (χ3n) is 6.24. The second-order valence-corrected chi connectivity index (χ2v) is 7.91. The van der Waals surface area contributed by atoms with Crippen LogP contribution in [0.3, 0.4) is 0 Å². The fourth-order valence-corrected chi connectivity index (χ4v) is 4.77. The predicted molar refractivity (Wildman–Crippen MR) is 97.0 cm³/mol. The molecule has 3 aliphatic rings. The first kappa shape index (κ1) is 15.6. The zero-order chi connectivity index (χ0) is 16.9. The maximum atomic E-state index is 12.4. The predicted octanol–water partition coefficient (Wildman–Crippen LogP) is 1.49. The third-order valence-corrected chi connectivity index (χ3v) is 6.24. The Morgan fingerprint density at radius 2 is 1.96 bits per heavy atom. The maximum absolute atomic E-state index is 12.4. The van der Waals surface area contributed by atoms with Gasteiger partial charge in [-0.2, -0.15) is 0 Å². The molecule has 0 saturated carbocycles. The summed E-state index contributed by atoms with van der Waals surface area (Å²) in [6, 6.07) is 8.29. The highest BCUT2D eigenvalue weighted by molar-refractivity contribution is 5.75. The minimum Gasteiger partial charge on any atom is -0.368 e. The molecule has 0 aliphatic carbocycles. The molecular formula is C19H26N4O2. The quantitative estimate of drug-likeness (QED) is 0.887. The number of H-pyrrole nitrogens is 1. The molecule has 3 aliphatic heterocycles. The molecule has 25 heavy (non-hydrogen) atoms. The monoisotopic (exact) mass is 342 g/mol. The van der Waals surface area contributed by atoms with Crippen LogP contribution in [0.1, 0.15) is 31.7 Å². The Balaban J connectivity index is 1.22. The van der Waals surface area contributed by atoms with E-state index in [2.05, 4.69) is 15.2 Å². The Labute approximate surface area is 147 Å². The second-order valence-electron chi connectivity index (χ2n) is 7.91. The number of nitrogens with zero attached hydrogens (tertiary/aromatic N) is 2. The highest BCUT2D eigenvalue weighted by atomic mass is 16.5. The fraction of sp³-hybridized carbons (Fsp3) is 0.632. The molecule has 3 saturated heterocycles. The molecule has 2 aromatic rings. The zero-order valence-electron chi connectivity index (χ0n) is 14.5. The van der Waals surface area contributed by atoms with Crippen molar-refractivity contribution in [2.24, 2.45) is 0 Å². The molecule has 1 unspecified atom stereocenters. The molecule has 0 radical (unpaired) electrons. The lowest BCUT2D eigenvalue weighted by Crippen LogP contribution is -2.59. The van der Waals surface area contributed by atoms with E-state index in [0.29, 0.717) is 12.1 Å². The molecular weight excluding hydrogens is 316 g/mol. The largest absolute Gasteiger partial charge is 0.368 e. The maximum Gasteiger partial charge on any atom is 0.326 e. The van der Waals surface area contributed by atoms with Gasteiger partial charge < -0.3 is 19.9 Å². The van der Waals surface area contributed by atoms with Gasteiger partial charge in [-0.05, 0) is 37.8 Å². The highest BCUT2D eigenvalue weighted by Gasteiger charge is 2.45. The third kappa shape index (κ3) is 2.72. The van der Waals surface area contributed by atoms with Gasteiger partial charge in [0.2, 0.25) is 0 Å². The lowest BCUT2D eigenvalue weighted by molar-refractivity contribution is -0.0822. The summed E-state index contributed by atoms with van der Waals surface area (Å²) in [6.07, 6.45) is 4.83. The number of imidazole rings is 1. The molecule has 1 aromatic heterocycles. The van der Waals surface area contributed by atoms with Crippen molar-refractivity contribution in [1.82, 2.24) is 19.8 Å². The van der Waals surface area contributed by atoms with Crippen LogP contribution in [0.4, 0.5) is 0 Å². The van der Waals surface area contributed by atoms with Crippen molar-refractivity contribution in [1.29, 1.82) is 0 Å². The van der Waals surface area contributed by atoms with Gasteiger partial charge in [-0.25, -0.2) is 4.79 Å². The van der Waals surface area contributed by atoms with E-state index in [0.717, 1.165) is 56.6 Å². The summed E-state index contributed by atoms with van der Waals surface area (Å²) in [7, 11) is 0. The number of piperidine rings is 1. The molecule has 5 rings (SSSR count). The molecule has 1 spiro atoms. The van der Waals surface area contributed by atoms with Crippen molar-refractivity contribution in [3.05, 3.63) is 34.7 Å². The molecule has 1 aromatic carbocycles. The average molecular weight is 342 g/mol. The van der Waals surface area contributed by atoms with E-state index in [9.17, 15) is 4.79 Å². The number of nitrogens with one attached hydrogen (secondary N) is 2. The highest BCUT2D eigenvalue weighted by Crippen LogP contribution is 2.34. The lowest BCUT2D eigenvalue weighted by Gasteiger charge is -2.40. The van der Waals surface area contributed by atoms with Crippen LogP contribution < -0.4 is 11.0 Å². The van der Waals surface area contributed by atoms with E-state index in [1.165, 1.54) is 12.8 Å². The van der Waals surface area contributed by atoms with Crippen LogP contribution in [-0.2, 0) is 4.74 Å². The van der Waals surface area contributed by atoms with Crippen molar-refractivity contribution in [2.45, 2.75) is 43.4 Å². The first-order valence-electron chi connectivity index (χ1n) is 9.53. The average Bonchev–Trinajstić information content (AvgIpc) is 3.16. The van der Waals surface area contributed by atoms with Crippen molar-refractivity contribution in [2.75, 3.05) is 32.7 Å². The van der Waals surface area contributed by atoms with Gasteiger partial charge >= 0.3 is 5.69 Å². The molecule has 134 valence electrons. The standard InChI is InChI=1S/C19H26N4O2/c24-18-21-16-3-1-2-4-17(16)23(18)14-6-9-22(10-7-14)11-15-5-8-19(25-15)12-20-13-19/h1-4,14-15,20H,5-13H2,(H,21,24). The van der Waals surface area contributed by atoms with Gasteiger partial charge in [-0.3, -0.25) is 4.57 Å². The van der Waals surface area contributed by atoms with Gasteiger partial charge in [0.1, 0.15) is 0 Å². The van der Waals surface area contributed by atoms with Crippen molar-refractivity contribution in [3.63, 3.8) is 0 Å². The van der Waals surface area contributed by atoms with Gasteiger partial charge in [0.15, 0.2) is 0 Å². The molecule has 6 heteroatoms. The smallest absolute Gasteiger partial charge is 0.326 e. The fourth-order valence-electron chi connectivity index (χ4n) is 4.77. The number of aromatic nitrogens is 2. The van der Waals surface area contributed by atoms with Crippen LogP contribution in [0.5, 0.6) is 0 Å². The van der Waals surface area contributed by atoms with Crippen LogP contribution in [0.2, 0.25) is 0 Å². The minimum absolute atomic E-state index is 0.0261. The number of benzene rings is 1. The summed E-state index contributed by atoms with van der Waals surface area (Å²) >= 11 is 0. The number of fused-ring (bicyclic) bond motifs is 1. The number of ether oxygens (including phenoxy) is 1. The van der Waals surface area contributed by atoms with Crippen LogP contribution in [0.25, 0.3) is 11.0 Å². The normalized spacial score (nSPS) is 27.1. The van der Waals surface area contributed by atoms with Crippen molar-refractivity contribution < 1.29 is 4.74 Å². The first-order valence-corrected chi connectivity index (χ1v) is 9.53. The molecule has 1 atom stereocenters. The number of rotatable bonds is 3. The topological polar surface area (TPSA) is 62.3 Å². The number of aromatic amines is 1. The molecule has 2 N–H and O–H groups in total. The van der Waals surface area contributed by atoms with E-state index >= 15 is 0 Å². The molecule has 4 heterocycles. The van der Waals surface area contributed by atoms with Crippen LogP contribution in [0.15, 0.2) is 29.1 Å². The van der Waals surface area contributed by atoms with Crippen LogP contribution in [-0.4, -0.2) is 58.9 Å². The van der Waals surface area contributed by atoms with Crippen molar-refractivity contribution >= 4 is 11.0 Å². The van der Waals surface area contributed by atoms with Gasteiger partial charge in [0.05, 0.1) is 22.7 Å². The first-order chi connectivity index (χ1) is 12.2. The van der Waals surface area contributed by atoms with E-state index in [-0.39, 0.29) is 11.3 Å². The molecule has 0 amide bonds. The summed E-state index contributed by atoms with van der Waals surface area (Å²) in [5.74, 6) is 0. The van der Waals surface area contributed by atoms with E-state index < -0.39 is 0 Å². The van der Waals surface area contributed by atoms with E-state index in [4.69, 9.17) is 4.74 Å². The Morgan fingerprint density at radius 1 is 1.16 bits per heavy atom. The Bertz CT molecular complexity index is 814. The summed E-state index contributed by atoms with van der Waals surface area (Å²) in [4.78, 5) is 17.9. The number of para-hydroxylation sites is 2. The Hall–Kier alpha value is -1.63. The van der Waals surface area contributed by atoms with E-state index in [1.54, 1.807) is 0 Å². The summed E-state index contributed by atoms with van der Waals surface area (Å²) in [6.45, 7) is 5.17. The van der Waals surface area contributed by atoms with Crippen LogP contribution >= 0.6 is 0 Å². The number of likely N-dealkylation sites (tertiary alicyclic amines) is 1. The zero-order valence-corrected chi connectivity index (χ0v) is 14.5. The van der Waals surface area contributed by atoms with Gasteiger partial charge in [-0.1, -0.05) is 12.1 Å². The van der Waals surface area contributed by atoms with Crippen LogP contribution in [0, 0.1) is 0 Å². The van der Waals surface area contributed by atoms with Gasteiger partial charge in [-0.15, -0.1) is 0 Å². The van der Waals surface area contributed by atoms with Gasteiger partial charge in [0, 0.05) is 38.8 Å². The Morgan fingerprint density at radius 3 is 2.68 bits per heavy atom. The molecule has 6 nitrogen and oxygen atoms in total. The van der Waals surface area contributed by atoms with E-state index in [1.807, 2.05) is 28.8 Å². The lowest BCUT2D eigenvalue weighted by atomic mass is 9.93.